The highest BCUT2D eigenvalue weighted by atomic mass is 28.4. The first kappa shape index (κ1) is 26.1. The summed E-state index contributed by atoms with van der Waals surface area (Å²) in [5.41, 5.74) is 2.01. The van der Waals surface area contributed by atoms with E-state index in [9.17, 15) is 8.78 Å². The molecule has 0 aromatic heterocycles. The van der Waals surface area contributed by atoms with Crippen molar-refractivity contribution in [2.24, 2.45) is 0 Å². The topological polar surface area (TPSA) is 36.9 Å². The summed E-state index contributed by atoms with van der Waals surface area (Å²) in [7, 11) is 3.05. The lowest BCUT2D eigenvalue weighted by Gasteiger charge is -2.42. The molecule has 9 heteroatoms. The quantitative estimate of drug-likeness (QED) is 0.434. The molecule has 0 aliphatic heterocycles. The molecule has 0 atom stereocenters. The molecule has 1 fully saturated rings. The van der Waals surface area contributed by atoms with Crippen LogP contribution < -0.4 is 13.9 Å². The van der Waals surface area contributed by atoms with E-state index in [0.29, 0.717) is 22.4 Å². The molecule has 0 unspecified atom stereocenters. The summed E-state index contributed by atoms with van der Waals surface area (Å²) >= 11 is 0. The van der Waals surface area contributed by atoms with Gasteiger partial charge in [0, 0.05) is 5.56 Å². The zero-order valence-corrected chi connectivity index (χ0v) is 21.3. The second kappa shape index (κ2) is 11.5. The Morgan fingerprint density at radius 2 is 1.38 bits per heavy atom. The summed E-state index contributed by atoms with van der Waals surface area (Å²) in [6.45, 7) is 12.3. The Hall–Kier alpha value is -0.909. The molecule has 0 amide bonds. The molecule has 1 aromatic rings. The molecule has 1 aromatic carbocycles. The van der Waals surface area contributed by atoms with Gasteiger partial charge in [-0.05, 0) is 48.5 Å². The van der Waals surface area contributed by atoms with Gasteiger partial charge in [0.05, 0.1) is 6.10 Å². The maximum absolute atomic E-state index is 12.8. The van der Waals surface area contributed by atoms with Crippen LogP contribution in [0.25, 0.3) is 0 Å². The van der Waals surface area contributed by atoms with Crippen molar-refractivity contribution in [2.45, 2.75) is 90.6 Å². The molecule has 1 aliphatic rings. The molecule has 1 saturated carbocycles. The molecule has 1 aliphatic carbocycles. The van der Waals surface area contributed by atoms with Gasteiger partial charge in [0.15, 0.2) is 11.5 Å². The van der Waals surface area contributed by atoms with Crippen LogP contribution in [0.4, 0.5) is 8.78 Å². The summed E-state index contributed by atoms with van der Waals surface area (Å²) in [6, 6.07) is 3.30. The van der Waals surface area contributed by atoms with Crippen LogP contribution in [0.2, 0.25) is 16.6 Å². The van der Waals surface area contributed by atoms with Gasteiger partial charge in [-0.25, -0.2) is 0 Å². The predicted molar refractivity (Wildman–Crippen MR) is 116 cm³/mol. The molecule has 162 valence electrons. The number of hydrogen-bond donors (Lipinski definition) is 0. The van der Waals surface area contributed by atoms with Crippen LogP contribution in [-0.4, -0.2) is 42.0 Å². The zero-order valence-electron chi connectivity index (χ0n) is 18.3. The number of halogens is 2. The number of hydrogen-bond acceptors (Lipinski definition) is 4. The van der Waals surface area contributed by atoms with Crippen LogP contribution in [0, 0.1) is 6.92 Å². The van der Waals surface area contributed by atoms with Crippen molar-refractivity contribution < 1.29 is 26.8 Å². The van der Waals surface area contributed by atoms with Crippen LogP contribution >= 0.6 is 0 Å². The first-order chi connectivity index (χ1) is 13.5. The fourth-order valence-electron chi connectivity index (χ4n) is 3.99. The highest BCUT2D eigenvalue weighted by Gasteiger charge is 2.47. The van der Waals surface area contributed by atoms with Gasteiger partial charge < -0.3 is 18.0 Å². The van der Waals surface area contributed by atoms with Gasteiger partial charge in [-0.2, -0.15) is 8.78 Å². The van der Waals surface area contributed by atoms with Crippen molar-refractivity contribution in [1.29, 1.82) is 0 Å². The Bertz CT molecular complexity index is 617. The molecule has 0 heterocycles. The maximum Gasteiger partial charge on any atom is 0.387 e. The third-order valence-corrected chi connectivity index (χ3v) is 11.3. The van der Waals surface area contributed by atoms with E-state index in [0.717, 1.165) is 24.2 Å². The first-order valence-corrected chi connectivity index (χ1v) is 12.9. The lowest BCUT2D eigenvalue weighted by Crippen LogP contribution is -2.50. The van der Waals surface area contributed by atoms with Gasteiger partial charge >= 0.3 is 6.61 Å². The summed E-state index contributed by atoms with van der Waals surface area (Å²) in [4.78, 5) is 0. The minimum absolute atomic E-state index is 0.0858. The van der Waals surface area contributed by atoms with Crippen LogP contribution in [0.3, 0.4) is 0 Å². The molecule has 2 rings (SSSR count). The van der Waals surface area contributed by atoms with Crippen LogP contribution in [0.5, 0.6) is 17.2 Å². The van der Waals surface area contributed by atoms with Gasteiger partial charge in [0.1, 0.15) is 5.75 Å². The second-order valence-electron chi connectivity index (χ2n) is 8.23. The third kappa shape index (κ3) is 6.80. The minimum atomic E-state index is -2.88. The molecule has 6 radical (unpaired) electrons. The normalized spacial score (nSPS) is 14.3. The number of alkyl halides is 2. The Labute approximate surface area is 181 Å². The minimum Gasteiger partial charge on any atom is -0.542 e. The fourth-order valence-corrected chi connectivity index (χ4v) is 9.30. The van der Waals surface area contributed by atoms with Gasteiger partial charge in [0.25, 0.3) is 8.32 Å². The number of benzene rings is 1. The molecular formula is C20H32F2O4Si3. The average molecular weight is 459 g/mol. The van der Waals surface area contributed by atoms with Crippen molar-refractivity contribution in [3.05, 3.63) is 17.7 Å². The molecular weight excluding hydrogens is 426 g/mol. The molecule has 0 spiro atoms. The van der Waals surface area contributed by atoms with E-state index in [1.54, 1.807) is 12.1 Å². The average Bonchev–Trinajstić information content (AvgIpc) is 3.41. The predicted octanol–water partition coefficient (Wildman–Crippen LogP) is 5.86. The highest BCUT2D eigenvalue weighted by molar-refractivity contribution is 6.78. The van der Waals surface area contributed by atoms with E-state index in [2.05, 4.69) is 71.4 Å². The van der Waals surface area contributed by atoms with Crippen LogP contribution in [0.15, 0.2) is 12.1 Å². The lowest BCUT2D eigenvalue weighted by molar-refractivity contribution is -0.0516. The smallest absolute Gasteiger partial charge is 0.387 e. The molecule has 29 heavy (non-hydrogen) atoms. The number of rotatable bonds is 9. The number of ether oxygens (including phenoxy) is 2. The van der Waals surface area contributed by atoms with E-state index in [1.165, 1.54) is 0 Å². The van der Waals surface area contributed by atoms with Crippen LogP contribution in [-0.2, 0) is 4.12 Å². The highest BCUT2D eigenvalue weighted by Crippen LogP contribution is 2.46. The molecule has 0 saturated heterocycles. The summed E-state index contributed by atoms with van der Waals surface area (Å²) in [5.74, 6) is 1.21. The van der Waals surface area contributed by atoms with Crippen molar-refractivity contribution in [1.82, 2.24) is 0 Å². The third-order valence-electron chi connectivity index (χ3n) is 5.34. The largest absolute Gasteiger partial charge is 0.542 e. The van der Waals surface area contributed by atoms with Gasteiger partial charge in [-0.1, -0.05) is 41.5 Å². The van der Waals surface area contributed by atoms with E-state index < -0.39 is 14.9 Å². The van der Waals surface area contributed by atoms with Crippen LogP contribution in [0.1, 0.15) is 59.9 Å². The van der Waals surface area contributed by atoms with Crippen molar-refractivity contribution >= 4 is 29.3 Å². The van der Waals surface area contributed by atoms with Gasteiger partial charge in [-0.3, -0.25) is 0 Å². The van der Waals surface area contributed by atoms with E-state index in [4.69, 9.17) is 9.16 Å². The maximum atomic E-state index is 12.8. The van der Waals surface area contributed by atoms with Crippen molar-refractivity contribution in [3.63, 3.8) is 0 Å². The standard InChI is InChI=1S/C20H32F2O3Si.OSi2/c1-12(2)26(13(3)4,14(5)6)25-17-10-11-18(24-20(21)22)19(15(17)7)23-16-8-9-16;2-1-3/h10-14,16,20H,8-9H2,1-7H3;. The summed E-state index contributed by atoms with van der Waals surface area (Å²) in [5, 5.41) is 0. The first-order valence-electron chi connectivity index (χ1n) is 9.94. The zero-order chi connectivity index (χ0) is 22.4. The van der Waals surface area contributed by atoms with E-state index >= 15 is 0 Å². The van der Waals surface area contributed by atoms with E-state index in [1.807, 2.05) is 6.92 Å². The SMILES string of the molecule is Cc1c(O[Si](C(C)C)(C(C)C)C(C)C)ccc(OC(F)F)c1OC1CC1.[Si]O[Si]. The summed E-state index contributed by atoms with van der Waals surface area (Å²) < 4.78 is 46.7. The lowest BCUT2D eigenvalue weighted by atomic mass is 10.2. The fraction of sp³-hybridized carbons (Fsp3) is 0.700. The van der Waals surface area contributed by atoms with Gasteiger partial charge in [0.2, 0.25) is 21.0 Å². The Balaban J connectivity index is 0.00000132. The van der Waals surface area contributed by atoms with Gasteiger partial charge in [-0.15, -0.1) is 0 Å². The Morgan fingerprint density at radius 1 is 0.931 bits per heavy atom. The molecule has 4 nitrogen and oxygen atoms in total. The van der Waals surface area contributed by atoms with Crippen molar-refractivity contribution in [3.8, 4) is 17.2 Å². The summed E-state index contributed by atoms with van der Waals surface area (Å²) in [6.07, 6.45) is 1.98. The van der Waals surface area contributed by atoms with Crippen molar-refractivity contribution in [2.75, 3.05) is 0 Å². The second-order valence-corrected chi connectivity index (χ2v) is 14.4. The monoisotopic (exact) mass is 458 g/mol. The molecule has 0 N–H and O–H groups in total. The Morgan fingerprint density at radius 3 is 1.76 bits per heavy atom. The molecule has 0 bridgehead atoms. The van der Waals surface area contributed by atoms with E-state index in [-0.39, 0.29) is 11.9 Å². The Kier molecular flexibility index (Phi) is 10.3.